The van der Waals surface area contributed by atoms with Gasteiger partial charge in [0.15, 0.2) is 0 Å². The van der Waals surface area contributed by atoms with Crippen molar-refractivity contribution in [2.45, 2.75) is 25.9 Å². The van der Waals surface area contributed by atoms with E-state index in [1.54, 1.807) is 25.4 Å². The summed E-state index contributed by atoms with van der Waals surface area (Å²) in [4.78, 5) is 12.2. The fourth-order valence-corrected chi connectivity index (χ4v) is 1.55. The number of anilines is 2. The first kappa shape index (κ1) is 13.2. The number of aromatic nitrogens is 5. The molecule has 0 fully saturated rings. The van der Waals surface area contributed by atoms with Crippen molar-refractivity contribution in [3.8, 4) is 5.95 Å². The van der Waals surface area contributed by atoms with Gasteiger partial charge in [0, 0.05) is 18.9 Å². The monoisotopic (exact) mass is 263 g/mol. The van der Waals surface area contributed by atoms with Crippen molar-refractivity contribution in [3.63, 3.8) is 0 Å². The van der Waals surface area contributed by atoms with E-state index in [-0.39, 0.29) is 12.1 Å². The van der Waals surface area contributed by atoms with E-state index >= 15 is 0 Å². The summed E-state index contributed by atoms with van der Waals surface area (Å²) in [5.41, 5.74) is 5.63. The van der Waals surface area contributed by atoms with Gasteiger partial charge in [-0.25, -0.2) is 4.68 Å². The molecule has 8 nitrogen and oxygen atoms in total. The molecule has 2 heterocycles. The summed E-state index contributed by atoms with van der Waals surface area (Å²) in [6.45, 7) is 2.42. The molecular weight excluding hydrogens is 246 g/mol. The van der Waals surface area contributed by atoms with Gasteiger partial charge in [0.2, 0.25) is 11.9 Å². The molecule has 0 aliphatic rings. The number of hydrogen-bond acceptors (Lipinski definition) is 7. The molecule has 0 bridgehead atoms. The highest BCUT2D eigenvalue weighted by molar-refractivity contribution is 5.34. The highest BCUT2D eigenvalue weighted by atomic mass is 16.3. The number of aliphatic hydroxyl groups excluding tert-OH is 1. The predicted octanol–water partition coefficient (Wildman–Crippen LogP) is 0.212. The van der Waals surface area contributed by atoms with Crippen LogP contribution >= 0.6 is 0 Å². The highest BCUT2D eigenvalue weighted by Crippen LogP contribution is 2.06. The third-order valence-electron chi connectivity index (χ3n) is 2.43. The van der Waals surface area contributed by atoms with Crippen LogP contribution in [0.1, 0.15) is 19.8 Å². The van der Waals surface area contributed by atoms with Crippen LogP contribution in [0.5, 0.6) is 0 Å². The van der Waals surface area contributed by atoms with E-state index in [2.05, 4.69) is 25.4 Å². The lowest BCUT2D eigenvalue weighted by atomic mass is 10.2. The number of nitrogens with one attached hydrogen (secondary N) is 1. The van der Waals surface area contributed by atoms with Crippen molar-refractivity contribution < 1.29 is 5.11 Å². The molecule has 19 heavy (non-hydrogen) atoms. The van der Waals surface area contributed by atoms with E-state index in [9.17, 15) is 0 Å². The summed E-state index contributed by atoms with van der Waals surface area (Å²) in [6.07, 6.45) is 4.60. The zero-order valence-electron chi connectivity index (χ0n) is 10.7. The fourth-order valence-electron chi connectivity index (χ4n) is 1.55. The largest absolute Gasteiger partial charge is 0.393 e. The van der Waals surface area contributed by atoms with Gasteiger partial charge >= 0.3 is 0 Å². The maximum absolute atomic E-state index is 9.16. The quantitative estimate of drug-likeness (QED) is 0.638. The van der Waals surface area contributed by atoms with Crippen LogP contribution in [0.4, 0.5) is 11.9 Å². The summed E-state index contributed by atoms with van der Waals surface area (Å²) in [7, 11) is 0. The van der Waals surface area contributed by atoms with Gasteiger partial charge in [-0.3, -0.25) is 0 Å². The molecule has 102 valence electrons. The van der Waals surface area contributed by atoms with Gasteiger partial charge < -0.3 is 16.2 Å². The summed E-state index contributed by atoms with van der Waals surface area (Å²) in [6, 6.07) is 1.77. The average molecular weight is 263 g/mol. The van der Waals surface area contributed by atoms with Crippen LogP contribution in [0.15, 0.2) is 18.5 Å². The van der Waals surface area contributed by atoms with E-state index in [4.69, 9.17) is 10.8 Å². The van der Waals surface area contributed by atoms with Gasteiger partial charge in [-0.15, -0.1) is 0 Å². The van der Waals surface area contributed by atoms with Crippen molar-refractivity contribution in [1.82, 2.24) is 24.7 Å². The Bertz CT molecular complexity index is 512. The normalized spacial score (nSPS) is 12.3. The van der Waals surface area contributed by atoms with E-state index in [0.717, 1.165) is 12.8 Å². The smallest absolute Gasteiger partial charge is 0.257 e. The Balaban J connectivity index is 2.01. The predicted molar refractivity (Wildman–Crippen MR) is 70.8 cm³/mol. The van der Waals surface area contributed by atoms with Crippen molar-refractivity contribution in [1.29, 1.82) is 0 Å². The van der Waals surface area contributed by atoms with Crippen molar-refractivity contribution in [2.75, 3.05) is 17.6 Å². The number of nitrogens with two attached hydrogens (primary N) is 1. The minimum atomic E-state index is -0.301. The second-order valence-corrected chi connectivity index (χ2v) is 4.19. The molecule has 8 heteroatoms. The summed E-state index contributed by atoms with van der Waals surface area (Å²) < 4.78 is 1.51. The van der Waals surface area contributed by atoms with Crippen LogP contribution in [0.3, 0.4) is 0 Å². The van der Waals surface area contributed by atoms with Crippen LogP contribution in [0.2, 0.25) is 0 Å². The Labute approximate surface area is 110 Å². The van der Waals surface area contributed by atoms with E-state index in [0.29, 0.717) is 18.4 Å². The van der Waals surface area contributed by atoms with Gasteiger partial charge in [-0.05, 0) is 25.8 Å². The summed E-state index contributed by atoms with van der Waals surface area (Å²) in [5.74, 6) is 0.914. The highest BCUT2D eigenvalue weighted by Gasteiger charge is 2.06. The SMILES string of the molecule is CC(O)CCCNc1nc(N)nc(-n2cccn2)n1. The number of nitrogen functional groups attached to an aromatic ring is 1. The maximum Gasteiger partial charge on any atom is 0.257 e. The molecular formula is C11H17N7O. The number of rotatable bonds is 6. The zero-order valence-corrected chi connectivity index (χ0v) is 10.7. The Morgan fingerprint density at radius 2 is 2.26 bits per heavy atom. The average Bonchev–Trinajstić information content (AvgIpc) is 2.87. The van der Waals surface area contributed by atoms with Gasteiger partial charge in [0.25, 0.3) is 5.95 Å². The van der Waals surface area contributed by atoms with Gasteiger partial charge in [-0.2, -0.15) is 20.1 Å². The first-order valence-electron chi connectivity index (χ1n) is 6.08. The van der Waals surface area contributed by atoms with E-state index in [1.807, 2.05) is 0 Å². The second kappa shape index (κ2) is 6.10. The number of hydrogen-bond donors (Lipinski definition) is 3. The molecule has 1 atom stereocenters. The minimum Gasteiger partial charge on any atom is -0.393 e. The van der Waals surface area contributed by atoms with E-state index in [1.165, 1.54) is 4.68 Å². The topological polar surface area (TPSA) is 115 Å². The minimum absolute atomic E-state index is 0.138. The third-order valence-corrected chi connectivity index (χ3v) is 2.43. The van der Waals surface area contributed by atoms with Crippen LogP contribution in [-0.2, 0) is 0 Å². The van der Waals surface area contributed by atoms with Crippen LogP contribution in [-0.4, -0.2) is 42.5 Å². The molecule has 2 rings (SSSR count). The lowest BCUT2D eigenvalue weighted by Gasteiger charge is -2.07. The van der Waals surface area contributed by atoms with E-state index < -0.39 is 0 Å². The second-order valence-electron chi connectivity index (χ2n) is 4.19. The lowest BCUT2D eigenvalue weighted by molar-refractivity contribution is 0.183. The standard InChI is InChI=1S/C11H17N7O/c1-8(19)4-2-5-13-10-15-9(12)16-11(17-10)18-7-3-6-14-18/h3,6-8,19H,2,4-5H2,1H3,(H3,12,13,15,16,17). The first-order chi connectivity index (χ1) is 9.15. The van der Waals surface area contributed by atoms with Crippen molar-refractivity contribution in [3.05, 3.63) is 18.5 Å². The Hall–Kier alpha value is -2.22. The molecule has 1 unspecified atom stereocenters. The first-order valence-corrected chi connectivity index (χ1v) is 6.08. The third kappa shape index (κ3) is 3.88. The molecule has 0 saturated heterocycles. The van der Waals surface area contributed by atoms with Crippen LogP contribution in [0.25, 0.3) is 5.95 Å². The van der Waals surface area contributed by atoms with Crippen molar-refractivity contribution in [2.24, 2.45) is 0 Å². The Kier molecular flexibility index (Phi) is 4.24. The van der Waals surface area contributed by atoms with Gasteiger partial charge in [0.1, 0.15) is 0 Å². The summed E-state index contributed by atoms with van der Waals surface area (Å²) >= 11 is 0. The molecule has 4 N–H and O–H groups in total. The maximum atomic E-state index is 9.16. The van der Waals surface area contributed by atoms with Gasteiger partial charge in [-0.1, -0.05) is 0 Å². The number of nitrogens with zero attached hydrogens (tertiary/aromatic N) is 5. The molecule has 0 amide bonds. The molecule has 2 aromatic heterocycles. The molecule has 0 saturated carbocycles. The molecule has 0 radical (unpaired) electrons. The molecule has 0 spiro atoms. The lowest BCUT2D eigenvalue weighted by Crippen LogP contribution is -2.13. The number of aliphatic hydroxyl groups is 1. The molecule has 0 aromatic carbocycles. The van der Waals surface area contributed by atoms with Crippen LogP contribution < -0.4 is 11.1 Å². The molecule has 0 aliphatic heterocycles. The van der Waals surface area contributed by atoms with Crippen LogP contribution in [0, 0.1) is 0 Å². The summed E-state index contributed by atoms with van der Waals surface area (Å²) in [5, 5.41) is 16.2. The Morgan fingerprint density at radius 3 is 2.95 bits per heavy atom. The zero-order chi connectivity index (χ0) is 13.7. The Morgan fingerprint density at radius 1 is 1.42 bits per heavy atom. The van der Waals surface area contributed by atoms with Gasteiger partial charge in [0.05, 0.1) is 6.10 Å². The molecule has 2 aromatic rings. The van der Waals surface area contributed by atoms with Crippen molar-refractivity contribution >= 4 is 11.9 Å². The molecule has 0 aliphatic carbocycles. The fraction of sp³-hybridized carbons (Fsp3) is 0.455.